The van der Waals surface area contributed by atoms with Crippen molar-refractivity contribution < 1.29 is 19.8 Å². The normalized spacial score (nSPS) is 14.1. The molecule has 0 bridgehead atoms. The largest absolute Gasteiger partial charge is 0.481 e. The number of allylic oxidation sites excluding steroid dienone is 8. The van der Waals surface area contributed by atoms with Gasteiger partial charge in [-0.15, -0.1) is 0 Å². The Hall–Kier alpha value is -2.10. The molecule has 0 radical (unpaired) electrons. The zero-order valence-corrected chi connectivity index (χ0v) is 19.9. The molecule has 0 unspecified atom stereocenters. The molecule has 0 amide bonds. The highest BCUT2D eigenvalue weighted by Gasteiger charge is 2.36. The maximum Gasteiger partial charge on any atom is 0.310 e. The Bertz CT molecular complexity index is 629. The van der Waals surface area contributed by atoms with Gasteiger partial charge in [-0.05, 0) is 92.9 Å². The lowest BCUT2D eigenvalue weighted by molar-refractivity contribution is -0.150. The van der Waals surface area contributed by atoms with Crippen molar-refractivity contribution in [1.29, 1.82) is 0 Å². The van der Waals surface area contributed by atoms with Crippen molar-refractivity contribution in [2.24, 2.45) is 5.41 Å². The maximum absolute atomic E-state index is 12.3. The summed E-state index contributed by atoms with van der Waals surface area (Å²) in [6.07, 6.45) is 13.8. The van der Waals surface area contributed by atoms with Crippen LogP contribution in [0.5, 0.6) is 0 Å². The lowest BCUT2D eigenvalue weighted by Crippen LogP contribution is -2.30. The van der Waals surface area contributed by atoms with Crippen LogP contribution in [0.15, 0.2) is 46.6 Å². The van der Waals surface area contributed by atoms with Gasteiger partial charge in [0, 0.05) is 6.42 Å². The molecule has 0 spiro atoms. The van der Waals surface area contributed by atoms with Crippen LogP contribution in [0.4, 0.5) is 0 Å². The first-order valence-electron chi connectivity index (χ1n) is 11.0. The number of hydrogen-bond donors (Lipinski definition) is 2. The van der Waals surface area contributed by atoms with Crippen molar-refractivity contribution in [2.75, 3.05) is 0 Å². The van der Waals surface area contributed by atoms with Gasteiger partial charge in [0.25, 0.3) is 0 Å². The first-order valence-corrected chi connectivity index (χ1v) is 11.0. The molecule has 30 heavy (non-hydrogen) atoms. The first kappa shape index (κ1) is 27.9. The molecule has 2 N–H and O–H groups in total. The molecule has 4 heteroatoms. The Balaban J connectivity index is 5.38. The summed E-state index contributed by atoms with van der Waals surface area (Å²) in [7, 11) is 0. The van der Waals surface area contributed by atoms with Gasteiger partial charge in [-0.2, -0.15) is 0 Å². The van der Waals surface area contributed by atoms with Crippen molar-refractivity contribution >= 4 is 11.9 Å². The quantitative estimate of drug-likeness (QED) is 0.270. The Labute approximate surface area is 183 Å². The van der Waals surface area contributed by atoms with Crippen LogP contribution in [0.1, 0.15) is 99.3 Å². The first-order chi connectivity index (χ1) is 14.0. The monoisotopic (exact) mass is 418 g/mol. The standard InChI is InChI=1S/C26H42O4/c1-20(2)10-7-12-22(5)15-18-26(25(29)30,17-9-14-24(27)28)19-16-23(6)13-8-11-21(3)4/h10-11,15-16H,7-9,12-14,17-19H2,1-6H3,(H,27,28)(H,29,30)/b22-15+,23-16+. The molecular weight excluding hydrogens is 376 g/mol. The summed E-state index contributed by atoms with van der Waals surface area (Å²) in [5.41, 5.74) is 3.97. The Morgan fingerprint density at radius 1 is 0.700 bits per heavy atom. The van der Waals surface area contributed by atoms with E-state index < -0.39 is 17.4 Å². The molecule has 0 rings (SSSR count). The second-order valence-electron chi connectivity index (χ2n) is 8.98. The van der Waals surface area contributed by atoms with Crippen LogP contribution in [-0.4, -0.2) is 22.2 Å². The third-order valence-electron chi connectivity index (χ3n) is 5.36. The summed E-state index contributed by atoms with van der Waals surface area (Å²) in [6, 6.07) is 0. The van der Waals surface area contributed by atoms with Gasteiger partial charge in [0.1, 0.15) is 0 Å². The molecule has 0 aromatic rings. The second kappa shape index (κ2) is 14.8. The Morgan fingerprint density at radius 2 is 1.13 bits per heavy atom. The number of aliphatic carboxylic acids is 2. The molecule has 0 aromatic carbocycles. The van der Waals surface area contributed by atoms with Gasteiger partial charge in [-0.25, -0.2) is 0 Å². The van der Waals surface area contributed by atoms with E-state index in [-0.39, 0.29) is 6.42 Å². The Kier molecular flexibility index (Phi) is 13.8. The summed E-state index contributed by atoms with van der Waals surface area (Å²) in [5.74, 6) is -1.72. The number of carboxylic acids is 2. The average Bonchev–Trinajstić information content (AvgIpc) is 2.62. The zero-order chi connectivity index (χ0) is 23.2. The highest BCUT2D eigenvalue weighted by molar-refractivity contribution is 5.75. The van der Waals surface area contributed by atoms with Gasteiger partial charge in [0.15, 0.2) is 0 Å². The molecule has 0 heterocycles. The number of carboxylic acid groups (broad SMARTS) is 2. The number of hydrogen-bond acceptors (Lipinski definition) is 2. The van der Waals surface area contributed by atoms with Gasteiger partial charge in [0.2, 0.25) is 0 Å². The lowest BCUT2D eigenvalue weighted by Gasteiger charge is -2.28. The van der Waals surface area contributed by atoms with E-state index in [2.05, 4.69) is 39.8 Å². The van der Waals surface area contributed by atoms with E-state index in [1.165, 1.54) is 22.3 Å². The van der Waals surface area contributed by atoms with Crippen LogP contribution in [0.2, 0.25) is 0 Å². The fourth-order valence-electron chi connectivity index (χ4n) is 3.27. The van der Waals surface area contributed by atoms with Gasteiger partial charge in [-0.3, -0.25) is 9.59 Å². The minimum atomic E-state index is -0.953. The van der Waals surface area contributed by atoms with E-state index in [0.717, 1.165) is 25.7 Å². The number of carbonyl (C=O) groups is 2. The van der Waals surface area contributed by atoms with Crippen LogP contribution in [0.3, 0.4) is 0 Å². The van der Waals surface area contributed by atoms with Gasteiger partial charge in [0.05, 0.1) is 5.41 Å². The van der Waals surface area contributed by atoms with E-state index in [4.69, 9.17) is 5.11 Å². The molecule has 0 saturated heterocycles. The van der Waals surface area contributed by atoms with Crippen LogP contribution in [-0.2, 0) is 9.59 Å². The molecule has 0 aromatic heterocycles. The van der Waals surface area contributed by atoms with Crippen LogP contribution in [0.25, 0.3) is 0 Å². The molecular formula is C26H42O4. The summed E-state index contributed by atoms with van der Waals surface area (Å²) in [5, 5.41) is 19.1. The van der Waals surface area contributed by atoms with Crippen molar-refractivity contribution in [2.45, 2.75) is 99.3 Å². The fourth-order valence-corrected chi connectivity index (χ4v) is 3.27. The molecule has 0 aliphatic carbocycles. The smallest absolute Gasteiger partial charge is 0.310 e. The Morgan fingerprint density at radius 3 is 1.47 bits per heavy atom. The highest BCUT2D eigenvalue weighted by atomic mass is 16.4. The van der Waals surface area contributed by atoms with Gasteiger partial charge >= 0.3 is 11.9 Å². The maximum atomic E-state index is 12.3. The SMILES string of the molecule is CC(C)=CCC/C(C)=C/CC(C/C=C(\C)CCC=C(C)C)(CCCC(=O)O)C(=O)O. The van der Waals surface area contributed by atoms with Crippen molar-refractivity contribution in [3.63, 3.8) is 0 Å². The average molecular weight is 419 g/mol. The highest BCUT2D eigenvalue weighted by Crippen LogP contribution is 2.36. The molecule has 0 atom stereocenters. The van der Waals surface area contributed by atoms with E-state index in [1.54, 1.807) is 0 Å². The molecule has 0 saturated carbocycles. The van der Waals surface area contributed by atoms with E-state index in [0.29, 0.717) is 25.7 Å². The minimum Gasteiger partial charge on any atom is -0.481 e. The van der Waals surface area contributed by atoms with Crippen molar-refractivity contribution in [1.82, 2.24) is 0 Å². The lowest BCUT2D eigenvalue weighted by atomic mass is 9.75. The van der Waals surface area contributed by atoms with Crippen molar-refractivity contribution in [3.05, 3.63) is 46.6 Å². The second-order valence-corrected chi connectivity index (χ2v) is 8.98. The third-order valence-corrected chi connectivity index (χ3v) is 5.36. The summed E-state index contributed by atoms with van der Waals surface area (Å²) < 4.78 is 0. The van der Waals surface area contributed by atoms with Crippen LogP contribution < -0.4 is 0 Å². The molecule has 0 fully saturated rings. The summed E-state index contributed by atoms with van der Waals surface area (Å²) >= 11 is 0. The van der Waals surface area contributed by atoms with Gasteiger partial charge in [-0.1, -0.05) is 46.6 Å². The van der Waals surface area contributed by atoms with E-state index in [1.807, 2.05) is 26.0 Å². The summed E-state index contributed by atoms with van der Waals surface area (Å²) in [4.78, 5) is 23.3. The molecule has 0 aliphatic rings. The third kappa shape index (κ3) is 13.2. The van der Waals surface area contributed by atoms with Gasteiger partial charge < -0.3 is 10.2 Å². The predicted molar refractivity (Wildman–Crippen MR) is 126 cm³/mol. The summed E-state index contributed by atoms with van der Waals surface area (Å²) in [6.45, 7) is 12.4. The molecule has 0 aliphatic heterocycles. The number of rotatable bonds is 15. The predicted octanol–water partition coefficient (Wildman–Crippen LogP) is 7.48. The minimum absolute atomic E-state index is 0.00155. The zero-order valence-electron chi connectivity index (χ0n) is 19.9. The topological polar surface area (TPSA) is 74.6 Å². The van der Waals surface area contributed by atoms with E-state index >= 15 is 0 Å². The fraction of sp³-hybridized carbons (Fsp3) is 0.615. The van der Waals surface area contributed by atoms with Crippen LogP contribution in [0, 0.1) is 5.41 Å². The molecule has 170 valence electrons. The van der Waals surface area contributed by atoms with E-state index in [9.17, 15) is 14.7 Å². The molecule has 4 nitrogen and oxygen atoms in total. The van der Waals surface area contributed by atoms with Crippen LogP contribution >= 0.6 is 0 Å². The van der Waals surface area contributed by atoms with Crippen molar-refractivity contribution in [3.8, 4) is 0 Å².